The maximum atomic E-state index is 13.0. The number of methoxy groups -OCH3 is 1. The van der Waals surface area contributed by atoms with Crippen LogP contribution in [0.3, 0.4) is 0 Å². The summed E-state index contributed by atoms with van der Waals surface area (Å²) in [4.78, 5) is 16.7. The standard InChI is InChI=1S/C24H26N4O2S/c1-16-20-14-22(31-24(20)28(26-16)18-8-6-5-7-9-18)23(29)25-15-21(27(2)3)17-10-12-19(30-4)13-11-17/h5-14,21H,15H2,1-4H3,(H,25,29). The molecule has 7 heteroatoms. The summed E-state index contributed by atoms with van der Waals surface area (Å²) in [5, 5.41) is 8.77. The number of aryl methyl sites for hydroxylation is 1. The molecule has 1 amide bonds. The van der Waals surface area contributed by atoms with Crippen molar-refractivity contribution in [2.45, 2.75) is 13.0 Å². The number of aromatic nitrogens is 2. The number of carbonyl (C=O) groups is 1. The van der Waals surface area contributed by atoms with Gasteiger partial charge in [-0.15, -0.1) is 11.3 Å². The molecule has 0 radical (unpaired) electrons. The van der Waals surface area contributed by atoms with Gasteiger partial charge in [-0.3, -0.25) is 4.79 Å². The Hall–Kier alpha value is -3.16. The zero-order valence-corrected chi connectivity index (χ0v) is 18.9. The fourth-order valence-electron chi connectivity index (χ4n) is 3.60. The summed E-state index contributed by atoms with van der Waals surface area (Å²) in [6.07, 6.45) is 0. The van der Waals surface area contributed by atoms with Crippen LogP contribution in [0.25, 0.3) is 15.9 Å². The molecule has 4 aromatic rings. The van der Waals surface area contributed by atoms with Gasteiger partial charge in [0.15, 0.2) is 0 Å². The van der Waals surface area contributed by atoms with E-state index in [1.807, 2.05) is 86.4 Å². The molecule has 1 N–H and O–H groups in total. The van der Waals surface area contributed by atoms with Crippen molar-refractivity contribution in [1.29, 1.82) is 0 Å². The van der Waals surface area contributed by atoms with Crippen molar-refractivity contribution >= 4 is 27.5 Å². The minimum atomic E-state index is -0.0689. The fourth-order valence-corrected chi connectivity index (χ4v) is 4.70. The molecule has 160 valence electrons. The number of benzene rings is 2. The van der Waals surface area contributed by atoms with Crippen LogP contribution in [0.2, 0.25) is 0 Å². The molecule has 0 saturated heterocycles. The zero-order valence-electron chi connectivity index (χ0n) is 18.1. The third kappa shape index (κ3) is 4.33. The number of nitrogens with one attached hydrogen (secondary N) is 1. The number of hydrogen-bond acceptors (Lipinski definition) is 5. The maximum absolute atomic E-state index is 13.0. The van der Waals surface area contributed by atoms with E-state index in [2.05, 4.69) is 15.3 Å². The second kappa shape index (κ2) is 8.91. The molecule has 0 fully saturated rings. The van der Waals surface area contributed by atoms with Gasteiger partial charge in [0.1, 0.15) is 10.6 Å². The van der Waals surface area contributed by atoms with Crippen LogP contribution in [0, 0.1) is 6.92 Å². The van der Waals surface area contributed by atoms with Crippen molar-refractivity contribution < 1.29 is 9.53 Å². The Morgan fingerprint density at radius 3 is 2.52 bits per heavy atom. The second-order valence-corrected chi connectivity index (χ2v) is 8.66. The highest BCUT2D eigenvalue weighted by Gasteiger charge is 2.20. The number of fused-ring (bicyclic) bond motifs is 1. The van der Waals surface area contributed by atoms with Crippen LogP contribution < -0.4 is 10.1 Å². The summed E-state index contributed by atoms with van der Waals surface area (Å²) in [5.41, 5.74) is 3.03. The minimum Gasteiger partial charge on any atom is -0.497 e. The number of likely N-dealkylation sites (N-methyl/N-ethyl adjacent to an activating group) is 1. The van der Waals surface area contributed by atoms with Crippen LogP contribution >= 0.6 is 11.3 Å². The summed E-state index contributed by atoms with van der Waals surface area (Å²) in [6, 6.07) is 19.9. The largest absolute Gasteiger partial charge is 0.497 e. The lowest BCUT2D eigenvalue weighted by Crippen LogP contribution is -2.34. The monoisotopic (exact) mass is 434 g/mol. The Morgan fingerprint density at radius 2 is 1.87 bits per heavy atom. The molecular weight excluding hydrogens is 408 g/mol. The van der Waals surface area contributed by atoms with Crippen molar-refractivity contribution in [2.75, 3.05) is 27.7 Å². The first-order chi connectivity index (χ1) is 15.0. The molecular formula is C24H26N4O2S. The Labute approximate surface area is 186 Å². The molecule has 2 aromatic heterocycles. The summed E-state index contributed by atoms with van der Waals surface area (Å²) >= 11 is 1.47. The van der Waals surface area contributed by atoms with E-state index in [4.69, 9.17) is 4.74 Å². The van der Waals surface area contributed by atoms with Gasteiger partial charge >= 0.3 is 0 Å². The van der Waals surface area contributed by atoms with Crippen molar-refractivity contribution in [1.82, 2.24) is 20.0 Å². The molecule has 0 aliphatic carbocycles. The zero-order chi connectivity index (χ0) is 22.0. The maximum Gasteiger partial charge on any atom is 0.261 e. The Morgan fingerprint density at radius 1 is 1.16 bits per heavy atom. The predicted molar refractivity (Wildman–Crippen MR) is 125 cm³/mol. The van der Waals surface area contributed by atoms with Gasteiger partial charge in [-0.2, -0.15) is 5.10 Å². The highest BCUT2D eigenvalue weighted by Crippen LogP contribution is 2.30. The SMILES string of the molecule is COc1ccc(C(CNC(=O)c2cc3c(C)nn(-c4ccccc4)c3s2)N(C)C)cc1. The molecule has 0 saturated carbocycles. The third-order valence-corrected chi connectivity index (χ3v) is 6.46. The van der Waals surface area contributed by atoms with Gasteiger partial charge in [0, 0.05) is 11.9 Å². The molecule has 31 heavy (non-hydrogen) atoms. The fraction of sp³-hybridized carbons (Fsp3) is 0.250. The average molecular weight is 435 g/mol. The van der Waals surface area contributed by atoms with Crippen LogP contribution in [0.5, 0.6) is 5.75 Å². The normalized spacial score (nSPS) is 12.3. The highest BCUT2D eigenvalue weighted by molar-refractivity contribution is 7.20. The number of hydrogen-bond donors (Lipinski definition) is 1. The lowest BCUT2D eigenvalue weighted by molar-refractivity contribution is 0.0946. The lowest BCUT2D eigenvalue weighted by Gasteiger charge is -2.25. The van der Waals surface area contributed by atoms with Crippen LogP contribution in [0.15, 0.2) is 60.7 Å². The Kier molecular flexibility index (Phi) is 6.06. The van der Waals surface area contributed by atoms with E-state index in [0.717, 1.165) is 32.9 Å². The molecule has 0 bridgehead atoms. The first-order valence-corrected chi connectivity index (χ1v) is 10.9. The van der Waals surface area contributed by atoms with Crippen LogP contribution in [0.1, 0.15) is 27.0 Å². The smallest absolute Gasteiger partial charge is 0.261 e. The van der Waals surface area contributed by atoms with Crippen LogP contribution in [-0.4, -0.2) is 48.3 Å². The van der Waals surface area contributed by atoms with Crippen molar-refractivity contribution in [3.8, 4) is 11.4 Å². The molecule has 2 aromatic carbocycles. The van der Waals surface area contributed by atoms with Crippen molar-refractivity contribution in [3.63, 3.8) is 0 Å². The number of amides is 1. The molecule has 4 rings (SSSR count). The van der Waals surface area contributed by atoms with E-state index >= 15 is 0 Å². The topological polar surface area (TPSA) is 59.4 Å². The summed E-state index contributed by atoms with van der Waals surface area (Å²) in [6.45, 7) is 2.48. The highest BCUT2D eigenvalue weighted by atomic mass is 32.1. The molecule has 0 aliphatic heterocycles. The number of para-hydroxylation sites is 1. The first kappa shape index (κ1) is 21.1. The third-order valence-electron chi connectivity index (χ3n) is 5.35. The number of thiophene rings is 1. The van der Waals surface area contributed by atoms with Gasteiger partial charge in [-0.1, -0.05) is 30.3 Å². The van der Waals surface area contributed by atoms with E-state index in [1.165, 1.54) is 11.3 Å². The quantitative estimate of drug-likeness (QED) is 0.467. The van der Waals surface area contributed by atoms with Gasteiger partial charge in [0.05, 0.1) is 29.4 Å². The van der Waals surface area contributed by atoms with Crippen LogP contribution in [0.4, 0.5) is 0 Å². The number of ether oxygens (including phenoxy) is 1. The van der Waals surface area contributed by atoms with Gasteiger partial charge in [-0.05, 0) is 56.9 Å². The summed E-state index contributed by atoms with van der Waals surface area (Å²) < 4.78 is 7.16. The Balaban J connectivity index is 1.53. The van der Waals surface area contributed by atoms with E-state index in [-0.39, 0.29) is 11.9 Å². The molecule has 0 spiro atoms. The minimum absolute atomic E-state index is 0.0609. The molecule has 1 atom stereocenters. The predicted octanol–water partition coefficient (Wildman–Crippen LogP) is 4.44. The summed E-state index contributed by atoms with van der Waals surface area (Å²) in [7, 11) is 5.68. The van der Waals surface area contributed by atoms with Gasteiger partial charge in [0.2, 0.25) is 0 Å². The van der Waals surface area contributed by atoms with Crippen molar-refractivity contribution in [3.05, 3.63) is 76.8 Å². The first-order valence-electron chi connectivity index (χ1n) is 10.1. The van der Waals surface area contributed by atoms with E-state index in [9.17, 15) is 4.79 Å². The van der Waals surface area contributed by atoms with Gasteiger partial charge in [0.25, 0.3) is 5.91 Å². The van der Waals surface area contributed by atoms with E-state index in [1.54, 1.807) is 7.11 Å². The van der Waals surface area contributed by atoms with Gasteiger partial charge in [-0.25, -0.2) is 4.68 Å². The number of rotatable bonds is 7. The lowest BCUT2D eigenvalue weighted by atomic mass is 10.1. The van der Waals surface area contributed by atoms with Crippen LogP contribution in [-0.2, 0) is 0 Å². The summed E-state index contributed by atoms with van der Waals surface area (Å²) in [5.74, 6) is 0.749. The van der Waals surface area contributed by atoms with E-state index in [0.29, 0.717) is 11.4 Å². The Bertz CT molecular complexity index is 1180. The second-order valence-electron chi connectivity index (χ2n) is 7.62. The molecule has 1 unspecified atom stereocenters. The average Bonchev–Trinajstić information content (AvgIpc) is 3.35. The number of carbonyl (C=O) groups excluding carboxylic acids is 1. The molecule has 0 aliphatic rings. The van der Waals surface area contributed by atoms with E-state index < -0.39 is 0 Å². The molecule has 2 heterocycles. The molecule has 6 nitrogen and oxygen atoms in total. The van der Waals surface area contributed by atoms with Crippen molar-refractivity contribution in [2.24, 2.45) is 0 Å². The number of nitrogens with zero attached hydrogens (tertiary/aromatic N) is 3. The van der Waals surface area contributed by atoms with Gasteiger partial charge < -0.3 is 15.0 Å².